The van der Waals surface area contributed by atoms with E-state index in [0.717, 1.165) is 0 Å². The minimum absolute atomic E-state index is 0.582. The fourth-order valence-electron chi connectivity index (χ4n) is 0. The van der Waals surface area contributed by atoms with E-state index in [4.69, 9.17) is 4.57 Å². The standard InChI is InChI=1S/C2HOP/c1-2-4-3/h1H/p+1. The minimum atomic E-state index is -0.582. The van der Waals surface area contributed by atoms with Gasteiger partial charge in [-0.1, -0.05) is 11.0 Å². The van der Waals surface area contributed by atoms with Crippen molar-refractivity contribution in [3.8, 4) is 12.1 Å². The normalized spacial score (nSPS) is 5.75. The Balaban J connectivity index is 2.92. The van der Waals surface area contributed by atoms with Gasteiger partial charge in [0.1, 0.15) is 0 Å². The van der Waals surface area contributed by atoms with Crippen LogP contribution in [0.15, 0.2) is 0 Å². The van der Waals surface area contributed by atoms with Crippen molar-refractivity contribution in [2.24, 2.45) is 0 Å². The first-order chi connectivity index (χ1) is 1.91. The van der Waals surface area contributed by atoms with Crippen LogP contribution in [-0.4, -0.2) is 0 Å². The van der Waals surface area contributed by atoms with Crippen LogP contribution in [-0.2, 0) is 4.57 Å². The third-order valence-electron chi connectivity index (χ3n) is 0.0589. The van der Waals surface area contributed by atoms with Gasteiger partial charge in [0.25, 0.3) is 0 Å². The average molecular weight is 73.0 g/mol. The van der Waals surface area contributed by atoms with Crippen molar-refractivity contribution >= 4 is 8.46 Å². The lowest BCUT2D eigenvalue weighted by Gasteiger charge is -1.10. The Bertz CT molecular complexity index is 51.5. The summed E-state index contributed by atoms with van der Waals surface area (Å²) in [6.07, 6.45) is 4.48. The monoisotopic (exact) mass is 73.0 g/mol. The number of rotatable bonds is 0. The molecule has 2 heteroatoms. The Hall–Kier alpha value is -0.340. The first-order valence-electron chi connectivity index (χ1n) is 0.743. The largest absolute Gasteiger partial charge is 0.414 e. The first-order valence-corrected chi connectivity index (χ1v) is 1.65. The van der Waals surface area contributed by atoms with E-state index in [1.165, 1.54) is 0 Å². The third kappa shape index (κ3) is 1.66. The quantitative estimate of drug-likeness (QED) is 0.303. The first kappa shape index (κ1) is 3.66. The highest BCUT2D eigenvalue weighted by Gasteiger charge is 1.57. The van der Waals surface area contributed by atoms with Gasteiger partial charge in [0.05, 0.1) is 0 Å². The summed E-state index contributed by atoms with van der Waals surface area (Å²) in [6, 6.07) is 0. The maximum atomic E-state index is 9.09. The van der Waals surface area contributed by atoms with Gasteiger partial charge in [-0.3, -0.25) is 0 Å². The van der Waals surface area contributed by atoms with Crippen LogP contribution in [0.4, 0.5) is 0 Å². The molecule has 1 nitrogen and oxygen atoms in total. The maximum absolute atomic E-state index is 9.09. The molecule has 0 amide bonds. The van der Waals surface area contributed by atoms with Crippen molar-refractivity contribution in [1.29, 1.82) is 0 Å². The second-order valence-corrected chi connectivity index (χ2v) is 0.739. The predicted molar refractivity (Wildman–Crippen MR) is 17.8 cm³/mol. The van der Waals surface area contributed by atoms with E-state index in [9.17, 15) is 0 Å². The van der Waals surface area contributed by atoms with E-state index in [1.807, 2.05) is 5.66 Å². The van der Waals surface area contributed by atoms with Gasteiger partial charge < -0.3 is 0 Å². The number of terminal acetylenes is 1. The molecule has 0 aromatic carbocycles. The molecule has 0 aromatic heterocycles. The van der Waals surface area contributed by atoms with Crippen LogP contribution >= 0.6 is 8.46 Å². The van der Waals surface area contributed by atoms with Crippen molar-refractivity contribution < 1.29 is 4.57 Å². The molecular formula is C2H2OP+. The molecule has 0 radical (unpaired) electrons. The minimum Gasteiger partial charge on any atom is -0.0652 e. The van der Waals surface area contributed by atoms with Crippen LogP contribution in [0.2, 0.25) is 0 Å². The Morgan fingerprint density at radius 2 is 2.25 bits per heavy atom. The van der Waals surface area contributed by atoms with Crippen LogP contribution in [0, 0.1) is 12.1 Å². The smallest absolute Gasteiger partial charge is 0.0652 e. The van der Waals surface area contributed by atoms with Gasteiger partial charge >= 0.3 is 8.46 Å². The van der Waals surface area contributed by atoms with Crippen LogP contribution < -0.4 is 0 Å². The predicted octanol–water partition coefficient (Wildman–Crippen LogP) is 0.601. The SMILES string of the molecule is C#C[PH+]=O. The Morgan fingerprint density at radius 1 is 2.00 bits per heavy atom. The zero-order chi connectivity index (χ0) is 3.41. The fourth-order valence-corrected chi connectivity index (χ4v) is 0. The molecule has 1 atom stereocenters. The summed E-state index contributed by atoms with van der Waals surface area (Å²) in [5, 5.41) is 0. The van der Waals surface area contributed by atoms with E-state index >= 15 is 0 Å². The van der Waals surface area contributed by atoms with Gasteiger partial charge in [-0.15, -0.1) is 0 Å². The van der Waals surface area contributed by atoms with Gasteiger partial charge in [-0.05, 0) is 0 Å². The van der Waals surface area contributed by atoms with Crippen molar-refractivity contribution in [2.45, 2.75) is 0 Å². The lowest BCUT2D eigenvalue weighted by molar-refractivity contribution is 0.603. The summed E-state index contributed by atoms with van der Waals surface area (Å²) in [4.78, 5) is 0. The molecule has 4 heavy (non-hydrogen) atoms. The van der Waals surface area contributed by atoms with Crippen molar-refractivity contribution in [1.82, 2.24) is 0 Å². The molecule has 20 valence electrons. The van der Waals surface area contributed by atoms with Gasteiger partial charge in [-0.2, -0.15) is 0 Å². The molecule has 0 heterocycles. The molecule has 0 fully saturated rings. The molecule has 0 N–H and O–H groups in total. The molecule has 0 saturated heterocycles. The van der Waals surface area contributed by atoms with E-state index in [0.29, 0.717) is 0 Å². The summed E-state index contributed by atoms with van der Waals surface area (Å²) in [6.45, 7) is 0. The van der Waals surface area contributed by atoms with E-state index in [-0.39, 0.29) is 0 Å². The summed E-state index contributed by atoms with van der Waals surface area (Å²) in [5.41, 5.74) is 1.90. The fraction of sp³-hybridized carbons (Fsp3) is 0. The summed E-state index contributed by atoms with van der Waals surface area (Å²) < 4.78 is 9.09. The second-order valence-electron chi connectivity index (χ2n) is 0.246. The lowest BCUT2D eigenvalue weighted by atomic mass is 11.4. The molecule has 0 aliphatic rings. The van der Waals surface area contributed by atoms with Crippen LogP contribution in [0.3, 0.4) is 0 Å². The van der Waals surface area contributed by atoms with Crippen LogP contribution in [0.25, 0.3) is 0 Å². The van der Waals surface area contributed by atoms with Crippen molar-refractivity contribution in [3.05, 3.63) is 0 Å². The van der Waals surface area contributed by atoms with Gasteiger partial charge in [-0.25, -0.2) is 0 Å². The molecule has 0 aliphatic heterocycles. The molecule has 0 saturated carbocycles. The van der Waals surface area contributed by atoms with E-state index < -0.39 is 8.46 Å². The summed E-state index contributed by atoms with van der Waals surface area (Å²) in [5.74, 6) is 0. The summed E-state index contributed by atoms with van der Waals surface area (Å²) >= 11 is 0. The highest BCUT2D eigenvalue weighted by Crippen LogP contribution is 1.76. The molecule has 0 bridgehead atoms. The van der Waals surface area contributed by atoms with Gasteiger partial charge in [0, 0.05) is 0 Å². The molecule has 1 unspecified atom stereocenters. The molecule has 0 spiro atoms. The third-order valence-corrected chi connectivity index (χ3v) is 0.177. The van der Waals surface area contributed by atoms with Gasteiger partial charge in [0.15, 0.2) is 5.66 Å². The molecular weight excluding hydrogens is 71.0 g/mol. The van der Waals surface area contributed by atoms with Crippen molar-refractivity contribution in [3.63, 3.8) is 0 Å². The highest BCUT2D eigenvalue weighted by molar-refractivity contribution is 7.30. The summed E-state index contributed by atoms with van der Waals surface area (Å²) in [7, 11) is -0.582. The van der Waals surface area contributed by atoms with Crippen LogP contribution in [0.1, 0.15) is 0 Å². The Morgan fingerprint density at radius 3 is 2.25 bits per heavy atom. The Labute approximate surface area is 26.2 Å². The zero-order valence-electron chi connectivity index (χ0n) is 1.99. The maximum Gasteiger partial charge on any atom is 0.414 e. The Kier molecular flexibility index (Phi) is 2.43. The molecule has 0 aliphatic carbocycles. The molecule has 0 rings (SSSR count). The topological polar surface area (TPSA) is 17.1 Å². The van der Waals surface area contributed by atoms with Crippen LogP contribution in [0.5, 0.6) is 0 Å². The zero-order valence-corrected chi connectivity index (χ0v) is 2.99. The average Bonchev–Trinajstić information content (AvgIpc) is 1.37. The van der Waals surface area contributed by atoms with E-state index in [2.05, 4.69) is 6.42 Å². The number of hydrogen-bond donors (Lipinski definition) is 0. The second kappa shape index (κ2) is 2.66. The van der Waals surface area contributed by atoms with Gasteiger partial charge in [0.2, 0.25) is 0 Å². The van der Waals surface area contributed by atoms with E-state index in [1.54, 1.807) is 0 Å². The van der Waals surface area contributed by atoms with Crippen molar-refractivity contribution in [2.75, 3.05) is 0 Å². The lowest BCUT2D eigenvalue weighted by Crippen LogP contribution is -1.05. The highest BCUT2D eigenvalue weighted by atomic mass is 31.1. The molecule has 0 aromatic rings. The number of hydrogen-bond acceptors (Lipinski definition) is 1.